The number of likely N-dealkylation sites (tertiary alicyclic amines) is 1. The highest BCUT2D eigenvalue weighted by atomic mass is 32.2. The van der Waals surface area contributed by atoms with Gasteiger partial charge < -0.3 is 10.6 Å². The summed E-state index contributed by atoms with van der Waals surface area (Å²) in [6, 6.07) is 21.7. The molecule has 1 saturated heterocycles. The van der Waals surface area contributed by atoms with Gasteiger partial charge in [0.05, 0.1) is 0 Å². The third-order valence-electron chi connectivity index (χ3n) is 4.33. The topological polar surface area (TPSA) is 29.3 Å². The monoisotopic (exact) mass is 312 g/mol. The molecule has 2 atom stereocenters. The van der Waals surface area contributed by atoms with Gasteiger partial charge in [0, 0.05) is 43.1 Å². The lowest BCUT2D eigenvalue weighted by molar-refractivity contribution is 0.353. The highest BCUT2D eigenvalue weighted by molar-refractivity contribution is 7.98. The number of hydrogen-bond acceptors (Lipinski definition) is 3. The lowest BCUT2D eigenvalue weighted by Gasteiger charge is -2.15. The molecule has 0 saturated carbocycles. The summed E-state index contributed by atoms with van der Waals surface area (Å²) in [4.78, 5) is 2.51. The van der Waals surface area contributed by atoms with Gasteiger partial charge in [-0.15, -0.1) is 0 Å². The summed E-state index contributed by atoms with van der Waals surface area (Å²) in [5.41, 5.74) is 9.14. The van der Waals surface area contributed by atoms with Crippen LogP contribution in [-0.2, 0) is 5.75 Å². The van der Waals surface area contributed by atoms with Crippen molar-refractivity contribution in [2.45, 2.75) is 17.7 Å². The Kier molecular flexibility index (Phi) is 5.54. The van der Waals surface area contributed by atoms with Gasteiger partial charge in [0.15, 0.2) is 0 Å². The van der Waals surface area contributed by atoms with Crippen molar-refractivity contribution in [2.24, 2.45) is 5.73 Å². The van der Waals surface area contributed by atoms with Crippen molar-refractivity contribution in [3.63, 3.8) is 0 Å². The van der Waals surface area contributed by atoms with Gasteiger partial charge in [0.2, 0.25) is 0 Å². The van der Waals surface area contributed by atoms with Crippen LogP contribution in [0, 0.1) is 0 Å². The van der Waals surface area contributed by atoms with Crippen molar-refractivity contribution in [3.05, 3.63) is 71.8 Å². The van der Waals surface area contributed by atoms with Crippen LogP contribution in [-0.4, -0.2) is 36.3 Å². The third-order valence-corrected chi connectivity index (χ3v) is 5.34. The summed E-state index contributed by atoms with van der Waals surface area (Å²) in [6.07, 6.45) is 0. The van der Waals surface area contributed by atoms with E-state index >= 15 is 0 Å². The quantitative estimate of drug-likeness (QED) is 0.830. The summed E-state index contributed by atoms with van der Waals surface area (Å²) < 4.78 is 0. The van der Waals surface area contributed by atoms with Crippen LogP contribution in [0.1, 0.15) is 17.0 Å². The van der Waals surface area contributed by atoms with Gasteiger partial charge in [0.1, 0.15) is 0 Å². The second kappa shape index (κ2) is 7.82. The molecule has 0 spiro atoms. The number of hydrogen-bond donors (Lipinski definition) is 1. The van der Waals surface area contributed by atoms with E-state index in [0.717, 1.165) is 25.4 Å². The molecule has 0 amide bonds. The van der Waals surface area contributed by atoms with E-state index in [9.17, 15) is 0 Å². The van der Waals surface area contributed by atoms with Gasteiger partial charge >= 0.3 is 0 Å². The SMILES string of the molecule is N[C@@H]1CN(CCSCc2ccccc2)C[C@H]1c1ccccc1. The Morgan fingerprint density at radius 1 is 0.955 bits per heavy atom. The van der Waals surface area contributed by atoms with Gasteiger partial charge in [-0.05, 0) is 11.1 Å². The lowest BCUT2D eigenvalue weighted by Crippen LogP contribution is -2.29. The highest BCUT2D eigenvalue weighted by Crippen LogP contribution is 2.26. The molecule has 0 unspecified atom stereocenters. The second-order valence-electron chi connectivity index (χ2n) is 5.98. The van der Waals surface area contributed by atoms with Gasteiger partial charge in [-0.3, -0.25) is 0 Å². The van der Waals surface area contributed by atoms with E-state index in [-0.39, 0.29) is 6.04 Å². The van der Waals surface area contributed by atoms with Crippen LogP contribution < -0.4 is 5.73 Å². The lowest BCUT2D eigenvalue weighted by atomic mass is 9.95. The molecule has 0 bridgehead atoms. The van der Waals surface area contributed by atoms with Crippen molar-refractivity contribution in [3.8, 4) is 0 Å². The average molecular weight is 312 g/mol. The Bertz CT molecular complexity index is 558. The van der Waals surface area contributed by atoms with Crippen molar-refractivity contribution < 1.29 is 0 Å². The van der Waals surface area contributed by atoms with Crippen LogP contribution in [0.4, 0.5) is 0 Å². The molecule has 0 radical (unpaired) electrons. The van der Waals surface area contributed by atoms with E-state index in [0.29, 0.717) is 5.92 Å². The largest absolute Gasteiger partial charge is 0.326 e. The van der Waals surface area contributed by atoms with E-state index < -0.39 is 0 Å². The predicted octanol–water partition coefficient (Wildman–Crippen LogP) is 3.35. The molecule has 2 aromatic carbocycles. The maximum Gasteiger partial charge on any atom is 0.0249 e. The predicted molar refractivity (Wildman–Crippen MR) is 96.2 cm³/mol. The molecule has 22 heavy (non-hydrogen) atoms. The Balaban J connectivity index is 1.43. The molecule has 2 N–H and O–H groups in total. The normalized spacial score (nSPS) is 22.0. The van der Waals surface area contributed by atoms with Crippen LogP contribution in [0.5, 0.6) is 0 Å². The fourth-order valence-electron chi connectivity index (χ4n) is 3.11. The molecular formula is C19H24N2S. The molecule has 3 heteroatoms. The molecular weight excluding hydrogens is 288 g/mol. The van der Waals surface area contributed by atoms with Gasteiger partial charge in [-0.1, -0.05) is 60.7 Å². The first-order valence-corrected chi connectivity index (χ1v) is 9.13. The summed E-state index contributed by atoms with van der Waals surface area (Å²) in [5.74, 6) is 2.76. The summed E-state index contributed by atoms with van der Waals surface area (Å²) >= 11 is 2.01. The molecule has 1 fully saturated rings. The van der Waals surface area contributed by atoms with Crippen LogP contribution in [0.3, 0.4) is 0 Å². The number of benzene rings is 2. The average Bonchev–Trinajstić information content (AvgIpc) is 2.94. The maximum atomic E-state index is 6.35. The summed E-state index contributed by atoms with van der Waals surface area (Å²) in [6.45, 7) is 3.25. The van der Waals surface area contributed by atoms with E-state index in [4.69, 9.17) is 5.73 Å². The maximum absolute atomic E-state index is 6.35. The number of rotatable bonds is 6. The molecule has 0 aromatic heterocycles. The van der Waals surface area contributed by atoms with Crippen molar-refractivity contribution in [1.29, 1.82) is 0 Å². The van der Waals surface area contributed by atoms with Crippen molar-refractivity contribution >= 4 is 11.8 Å². The smallest absolute Gasteiger partial charge is 0.0249 e. The zero-order chi connectivity index (χ0) is 15.2. The van der Waals surface area contributed by atoms with E-state index in [1.165, 1.54) is 16.9 Å². The fourth-order valence-corrected chi connectivity index (χ4v) is 4.07. The first kappa shape index (κ1) is 15.6. The van der Waals surface area contributed by atoms with Crippen molar-refractivity contribution in [1.82, 2.24) is 4.90 Å². The second-order valence-corrected chi connectivity index (χ2v) is 7.08. The number of nitrogens with zero attached hydrogens (tertiary/aromatic N) is 1. The van der Waals surface area contributed by atoms with Crippen molar-refractivity contribution in [2.75, 3.05) is 25.4 Å². The standard InChI is InChI=1S/C19H24N2S/c20-19-14-21(13-18(19)17-9-5-2-6-10-17)11-12-22-15-16-7-3-1-4-8-16/h1-10,18-19H,11-15,20H2/t18-,19+/m0/s1. The Morgan fingerprint density at radius 2 is 1.64 bits per heavy atom. The van der Waals surface area contributed by atoms with Crippen LogP contribution in [0.2, 0.25) is 0 Å². The van der Waals surface area contributed by atoms with E-state index in [1.54, 1.807) is 0 Å². The molecule has 116 valence electrons. The minimum atomic E-state index is 0.265. The molecule has 1 aliphatic heterocycles. The first-order chi connectivity index (χ1) is 10.8. The molecule has 0 aliphatic carbocycles. The Hall–Kier alpha value is -1.29. The fraction of sp³-hybridized carbons (Fsp3) is 0.368. The molecule has 1 aliphatic rings. The van der Waals surface area contributed by atoms with Gasteiger partial charge in [-0.25, -0.2) is 0 Å². The van der Waals surface area contributed by atoms with Crippen LogP contribution in [0.15, 0.2) is 60.7 Å². The minimum Gasteiger partial charge on any atom is -0.326 e. The number of thioether (sulfide) groups is 1. The Morgan fingerprint density at radius 3 is 2.36 bits per heavy atom. The summed E-state index contributed by atoms with van der Waals surface area (Å²) in [7, 11) is 0. The summed E-state index contributed by atoms with van der Waals surface area (Å²) in [5, 5.41) is 0. The number of nitrogens with two attached hydrogens (primary N) is 1. The molecule has 2 nitrogen and oxygen atoms in total. The van der Waals surface area contributed by atoms with E-state index in [2.05, 4.69) is 65.6 Å². The van der Waals surface area contributed by atoms with E-state index in [1.807, 2.05) is 11.8 Å². The van der Waals surface area contributed by atoms with Crippen LogP contribution >= 0.6 is 11.8 Å². The first-order valence-electron chi connectivity index (χ1n) is 7.97. The molecule has 3 rings (SSSR count). The highest BCUT2D eigenvalue weighted by Gasteiger charge is 2.30. The molecule has 2 aromatic rings. The van der Waals surface area contributed by atoms with Gasteiger partial charge in [0.25, 0.3) is 0 Å². The van der Waals surface area contributed by atoms with Crippen LogP contribution in [0.25, 0.3) is 0 Å². The molecule has 1 heterocycles. The third kappa shape index (κ3) is 4.13. The zero-order valence-corrected chi connectivity index (χ0v) is 13.7. The minimum absolute atomic E-state index is 0.265. The Labute approximate surface area is 137 Å². The van der Waals surface area contributed by atoms with Gasteiger partial charge in [-0.2, -0.15) is 11.8 Å². The zero-order valence-electron chi connectivity index (χ0n) is 12.9.